The molecule has 0 aromatic heterocycles. The van der Waals surface area contributed by atoms with Gasteiger partial charge in [0.25, 0.3) is 0 Å². The van der Waals surface area contributed by atoms with Crippen LogP contribution in [0.4, 0.5) is 4.39 Å². The number of amides is 1. The predicted octanol–water partition coefficient (Wildman–Crippen LogP) is 2.80. The molecule has 5 heteroatoms. The molecule has 118 valence electrons. The van der Waals surface area contributed by atoms with Crippen molar-refractivity contribution in [2.24, 2.45) is 11.8 Å². The smallest absolute Gasteiger partial charge is 0.306 e. The molecule has 1 aromatic carbocycles. The molecule has 1 fully saturated rings. The Bertz CT molecular complexity index is 568. The van der Waals surface area contributed by atoms with E-state index in [9.17, 15) is 14.0 Å². The minimum Gasteiger partial charge on any atom is -0.481 e. The number of likely N-dealkylation sites (tertiary alicyclic amines) is 1. The molecule has 4 nitrogen and oxygen atoms in total. The fourth-order valence-electron chi connectivity index (χ4n) is 2.74. The summed E-state index contributed by atoms with van der Waals surface area (Å²) in [6.07, 6.45) is 4.31. The quantitative estimate of drug-likeness (QED) is 0.930. The van der Waals surface area contributed by atoms with Crippen molar-refractivity contribution in [2.75, 3.05) is 13.1 Å². The second-order valence-electron chi connectivity index (χ2n) is 5.71. The first-order valence-corrected chi connectivity index (χ1v) is 7.40. The lowest BCUT2D eigenvalue weighted by Crippen LogP contribution is -2.44. The third-order valence-corrected chi connectivity index (χ3v) is 4.05. The van der Waals surface area contributed by atoms with Crippen LogP contribution in [0.2, 0.25) is 0 Å². The van der Waals surface area contributed by atoms with Crippen LogP contribution in [0.25, 0.3) is 6.08 Å². The molecule has 2 atom stereocenters. The first-order chi connectivity index (χ1) is 10.5. The number of carboxylic acids is 1. The summed E-state index contributed by atoms with van der Waals surface area (Å²) in [5.74, 6) is -1.47. The van der Waals surface area contributed by atoms with E-state index in [-0.39, 0.29) is 30.0 Å². The Balaban J connectivity index is 1.85. The van der Waals surface area contributed by atoms with Crippen LogP contribution in [-0.2, 0) is 9.59 Å². The number of rotatable bonds is 4. The number of aliphatic carboxylic acids is 1. The second-order valence-corrected chi connectivity index (χ2v) is 5.71. The average molecular weight is 305 g/mol. The number of hydrogen-bond acceptors (Lipinski definition) is 2. The van der Waals surface area contributed by atoms with E-state index in [1.54, 1.807) is 29.2 Å². The Morgan fingerprint density at radius 3 is 2.64 bits per heavy atom. The number of carboxylic acid groups (broad SMARTS) is 1. The van der Waals surface area contributed by atoms with Crippen molar-refractivity contribution in [1.82, 2.24) is 4.90 Å². The van der Waals surface area contributed by atoms with Crippen molar-refractivity contribution in [3.05, 3.63) is 41.7 Å². The van der Waals surface area contributed by atoms with Crippen molar-refractivity contribution >= 4 is 18.0 Å². The van der Waals surface area contributed by atoms with Crippen LogP contribution in [-0.4, -0.2) is 35.0 Å². The van der Waals surface area contributed by atoms with E-state index in [1.807, 2.05) is 6.92 Å². The molecule has 1 N–H and O–H groups in total. The van der Waals surface area contributed by atoms with E-state index in [1.165, 1.54) is 12.1 Å². The minimum atomic E-state index is -0.782. The van der Waals surface area contributed by atoms with Crippen molar-refractivity contribution in [2.45, 2.75) is 19.8 Å². The summed E-state index contributed by atoms with van der Waals surface area (Å²) in [5, 5.41) is 9.08. The SMILES string of the molecule is C[C@@H]1CN(C(=O)C/C=C/c2ccc(F)cc2)CC[C@@H]1C(=O)O. The summed E-state index contributed by atoms with van der Waals surface area (Å²) in [7, 11) is 0. The highest BCUT2D eigenvalue weighted by molar-refractivity contribution is 5.79. The van der Waals surface area contributed by atoms with Gasteiger partial charge in [0.15, 0.2) is 0 Å². The van der Waals surface area contributed by atoms with E-state index in [0.717, 1.165) is 5.56 Å². The Morgan fingerprint density at radius 2 is 2.05 bits per heavy atom. The zero-order valence-corrected chi connectivity index (χ0v) is 12.5. The van der Waals surface area contributed by atoms with Crippen molar-refractivity contribution in [3.8, 4) is 0 Å². The zero-order valence-electron chi connectivity index (χ0n) is 12.5. The topological polar surface area (TPSA) is 57.6 Å². The summed E-state index contributed by atoms with van der Waals surface area (Å²) in [4.78, 5) is 24.9. The molecule has 2 rings (SSSR count). The molecule has 0 unspecified atom stereocenters. The first kappa shape index (κ1) is 16.2. The van der Waals surface area contributed by atoms with Gasteiger partial charge in [-0.15, -0.1) is 0 Å². The van der Waals surface area contributed by atoms with E-state index >= 15 is 0 Å². The fraction of sp³-hybridized carbons (Fsp3) is 0.412. The number of halogens is 1. The summed E-state index contributed by atoms with van der Waals surface area (Å²) in [6, 6.07) is 6.05. The Hall–Kier alpha value is -2.17. The van der Waals surface area contributed by atoms with E-state index in [4.69, 9.17) is 5.11 Å². The number of carbonyl (C=O) groups is 2. The summed E-state index contributed by atoms with van der Waals surface area (Å²) < 4.78 is 12.8. The molecular weight excluding hydrogens is 285 g/mol. The highest BCUT2D eigenvalue weighted by atomic mass is 19.1. The molecule has 1 aromatic rings. The molecule has 1 saturated heterocycles. The molecule has 22 heavy (non-hydrogen) atoms. The predicted molar refractivity (Wildman–Crippen MR) is 81.5 cm³/mol. The van der Waals surface area contributed by atoms with Crippen LogP contribution < -0.4 is 0 Å². The van der Waals surface area contributed by atoms with Crippen molar-refractivity contribution in [3.63, 3.8) is 0 Å². The second kappa shape index (κ2) is 7.20. The Labute approximate surface area is 129 Å². The molecule has 1 aliphatic heterocycles. The summed E-state index contributed by atoms with van der Waals surface area (Å²) >= 11 is 0. The minimum absolute atomic E-state index is 0.00551. The molecule has 1 amide bonds. The van der Waals surface area contributed by atoms with Crippen molar-refractivity contribution in [1.29, 1.82) is 0 Å². The summed E-state index contributed by atoms with van der Waals surface area (Å²) in [5.41, 5.74) is 0.840. The largest absolute Gasteiger partial charge is 0.481 e. The van der Waals surface area contributed by atoms with Gasteiger partial charge >= 0.3 is 5.97 Å². The third-order valence-electron chi connectivity index (χ3n) is 4.05. The lowest BCUT2D eigenvalue weighted by atomic mass is 9.87. The lowest BCUT2D eigenvalue weighted by molar-refractivity contribution is -0.148. The van der Waals surface area contributed by atoms with Gasteiger partial charge in [0.2, 0.25) is 5.91 Å². The molecule has 0 saturated carbocycles. The molecule has 1 heterocycles. The molecule has 0 aliphatic carbocycles. The van der Waals surface area contributed by atoms with Crippen LogP contribution in [0.1, 0.15) is 25.3 Å². The van der Waals surface area contributed by atoms with E-state index in [2.05, 4.69) is 0 Å². The van der Waals surface area contributed by atoms with Crippen LogP contribution >= 0.6 is 0 Å². The number of carbonyl (C=O) groups excluding carboxylic acids is 1. The number of hydrogen-bond donors (Lipinski definition) is 1. The van der Waals surface area contributed by atoms with Crippen LogP contribution in [0, 0.1) is 17.7 Å². The van der Waals surface area contributed by atoms with Crippen LogP contribution in [0.15, 0.2) is 30.3 Å². The van der Waals surface area contributed by atoms with Crippen LogP contribution in [0.5, 0.6) is 0 Å². The van der Waals surface area contributed by atoms with Gasteiger partial charge in [-0.1, -0.05) is 31.2 Å². The molecule has 0 radical (unpaired) electrons. The standard InChI is InChI=1S/C17H20FNO3/c1-12-11-19(10-9-15(12)17(21)22)16(20)4-2-3-13-5-7-14(18)8-6-13/h2-3,5-8,12,15H,4,9-11H2,1H3,(H,21,22)/b3-2+/t12-,15+/m1/s1. The molecule has 1 aliphatic rings. The van der Waals surface area contributed by atoms with E-state index < -0.39 is 5.97 Å². The Kier molecular flexibility index (Phi) is 5.31. The number of piperidine rings is 1. The van der Waals surface area contributed by atoms with Gasteiger partial charge in [0.1, 0.15) is 5.82 Å². The Morgan fingerprint density at radius 1 is 1.36 bits per heavy atom. The van der Waals surface area contributed by atoms with E-state index in [0.29, 0.717) is 19.5 Å². The average Bonchev–Trinajstić information content (AvgIpc) is 2.48. The summed E-state index contributed by atoms with van der Waals surface area (Å²) in [6.45, 7) is 2.84. The first-order valence-electron chi connectivity index (χ1n) is 7.40. The third kappa shape index (κ3) is 4.16. The van der Waals surface area contributed by atoms with Gasteiger partial charge < -0.3 is 10.0 Å². The van der Waals surface area contributed by atoms with Gasteiger partial charge in [0, 0.05) is 19.5 Å². The molecular formula is C17H20FNO3. The van der Waals surface area contributed by atoms with Gasteiger partial charge in [-0.25, -0.2) is 4.39 Å². The maximum atomic E-state index is 12.8. The zero-order chi connectivity index (χ0) is 16.1. The van der Waals surface area contributed by atoms with Gasteiger partial charge in [0.05, 0.1) is 5.92 Å². The van der Waals surface area contributed by atoms with Crippen molar-refractivity contribution < 1.29 is 19.1 Å². The van der Waals surface area contributed by atoms with Gasteiger partial charge in [-0.2, -0.15) is 0 Å². The maximum Gasteiger partial charge on any atom is 0.306 e. The highest BCUT2D eigenvalue weighted by Gasteiger charge is 2.32. The molecule has 0 bridgehead atoms. The number of nitrogens with zero attached hydrogens (tertiary/aromatic N) is 1. The van der Waals surface area contributed by atoms with Crippen LogP contribution in [0.3, 0.4) is 0 Å². The molecule has 0 spiro atoms. The normalized spacial score (nSPS) is 22.0. The number of benzene rings is 1. The van der Waals surface area contributed by atoms with Gasteiger partial charge in [-0.05, 0) is 30.0 Å². The lowest BCUT2D eigenvalue weighted by Gasteiger charge is -2.34. The monoisotopic (exact) mass is 305 g/mol. The fourth-order valence-corrected chi connectivity index (χ4v) is 2.74. The highest BCUT2D eigenvalue weighted by Crippen LogP contribution is 2.24. The van der Waals surface area contributed by atoms with Gasteiger partial charge in [-0.3, -0.25) is 9.59 Å². The maximum absolute atomic E-state index is 12.8.